The van der Waals surface area contributed by atoms with Crippen molar-refractivity contribution in [3.05, 3.63) is 34.5 Å². The summed E-state index contributed by atoms with van der Waals surface area (Å²) in [6.07, 6.45) is -5.69. The van der Waals surface area contributed by atoms with E-state index in [4.69, 9.17) is 4.74 Å². The van der Waals surface area contributed by atoms with Gasteiger partial charge < -0.3 is 25.2 Å². The molecule has 6 atom stereocenters. The lowest BCUT2D eigenvalue weighted by Gasteiger charge is -2.43. The first-order valence-corrected chi connectivity index (χ1v) is 7.23. The lowest BCUT2D eigenvalue weighted by Crippen LogP contribution is -2.61. The molecule has 1 saturated carbocycles. The van der Waals surface area contributed by atoms with Crippen LogP contribution in [-0.2, 0) is 4.74 Å². The van der Waals surface area contributed by atoms with Crippen molar-refractivity contribution in [3.63, 3.8) is 0 Å². The van der Waals surface area contributed by atoms with Gasteiger partial charge in [0.05, 0.1) is 16.6 Å². The van der Waals surface area contributed by atoms with Crippen molar-refractivity contribution in [2.45, 2.75) is 36.6 Å². The molecule has 0 amide bonds. The van der Waals surface area contributed by atoms with E-state index in [0.717, 1.165) is 0 Å². The number of nitro benzene ring substituents is 1. The first-order valence-electron chi connectivity index (χ1n) is 7.23. The molecule has 1 heterocycles. The number of ether oxygens (including phenoxy) is 1. The van der Waals surface area contributed by atoms with Gasteiger partial charge in [-0.25, -0.2) is 0 Å². The summed E-state index contributed by atoms with van der Waals surface area (Å²) in [6, 6.07) is 3.10. The first-order chi connectivity index (χ1) is 11.4. The number of aliphatic hydroxyl groups is 4. The Labute approximate surface area is 135 Å². The molecule has 10 nitrogen and oxygen atoms in total. The Morgan fingerprint density at radius 1 is 1.17 bits per heavy atom. The van der Waals surface area contributed by atoms with Gasteiger partial charge >= 0.3 is 0 Å². The molecule has 0 spiro atoms. The molecule has 1 aromatic carbocycles. The van der Waals surface area contributed by atoms with Crippen LogP contribution in [-0.4, -0.2) is 72.8 Å². The van der Waals surface area contributed by atoms with Crippen molar-refractivity contribution in [3.8, 4) is 0 Å². The van der Waals surface area contributed by atoms with Crippen molar-refractivity contribution in [1.29, 1.82) is 0 Å². The maximum Gasteiger partial charge on any atom is 0.270 e. The zero-order chi connectivity index (χ0) is 17.6. The van der Waals surface area contributed by atoms with Gasteiger partial charge in [0.2, 0.25) is 0 Å². The van der Waals surface area contributed by atoms with Crippen molar-refractivity contribution in [2.24, 2.45) is 0 Å². The highest BCUT2D eigenvalue weighted by Crippen LogP contribution is 2.34. The van der Waals surface area contributed by atoms with Crippen LogP contribution in [0.3, 0.4) is 0 Å². The van der Waals surface area contributed by atoms with Gasteiger partial charge in [-0.05, 0) is 6.07 Å². The quantitative estimate of drug-likeness (QED) is 0.409. The molecule has 24 heavy (non-hydrogen) atoms. The summed E-state index contributed by atoms with van der Waals surface area (Å²) in [5.74, 6) is 0. The van der Waals surface area contributed by atoms with Crippen molar-refractivity contribution < 1.29 is 30.1 Å². The van der Waals surface area contributed by atoms with Gasteiger partial charge in [0.1, 0.15) is 36.6 Å². The molecule has 3 rings (SSSR count). The standard InChI is InChI=1S/C14H17N3O7/c1-24-14-9(10(18)11(19)12(20)13(14)21)16-8-3-2-7(17(22)23)4-6(8)5-15-16/h2-5,9-14,18-21H,1H3/t9-,10-,11-,12+,13+,14+/m1/s1. The normalized spacial score (nSPS) is 33.7. The SMILES string of the molecule is CO[C@@H]1[C@@H](O)[C@@H](O)[C@H](O)[C@H](O)[C@H]1n1ncc2cc([N+](=O)[O-])ccc21. The number of aromatic nitrogens is 2. The second-order valence-electron chi connectivity index (χ2n) is 5.74. The summed E-state index contributed by atoms with van der Waals surface area (Å²) in [7, 11) is 1.30. The molecule has 0 unspecified atom stereocenters. The number of benzene rings is 1. The van der Waals surface area contributed by atoms with E-state index >= 15 is 0 Å². The Kier molecular flexibility index (Phi) is 4.24. The minimum atomic E-state index is -1.59. The topological polar surface area (TPSA) is 151 Å². The molecular weight excluding hydrogens is 322 g/mol. The smallest absolute Gasteiger partial charge is 0.270 e. The van der Waals surface area contributed by atoms with E-state index in [2.05, 4.69) is 5.10 Å². The fourth-order valence-corrected chi connectivity index (χ4v) is 3.15. The number of hydrogen-bond donors (Lipinski definition) is 4. The summed E-state index contributed by atoms with van der Waals surface area (Å²) in [4.78, 5) is 10.3. The number of non-ortho nitro benzene ring substituents is 1. The van der Waals surface area contributed by atoms with Gasteiger partial charge in [-0.2, -0.15) is 5.10 Å². The van der Waals surface area contributed by atoms with Crippen LogP contribution in [0, 0.1) is 10.1 Å². The Morgan fingerprint density at radius 3 is 2.46 bits per heavy atom. The van der Waals surface area contributed by atoms with Crippen molar-refractivity contribution in [1.82, 2.24) is 9.78 Å². The molecule has 1 aromatic heterocycles. The van der Waals surface area contributed by atoms with Crippen LogP contribution < -0.4 is 0 Å². The predicted octanol–water partition coefficient (Wildman–Crippen LogP) is -1.04. The van der Waals surface area contributed by atoms with E-state index < -0.39 is 41.5 Å². The molecule has 0 radical (unpaired) electrons. The van der Waals surface area contributed by atoms with Crippen molar-refractivity contribution in [2.75, 3.05) is 7.11 Å². The monoisotopic (exact) mass is 339 g/mol. The van der Waals surface area contributed by atoms with E-state index in [1.807, 2.05) is 0 Å². The third-order valence-corrected chi connectivity index (χ3v) is 4.42. The summed E-state index contributed by atoms with van der Waals surface area (Å²) in [5.41, 5.74) is 0.354. The third-order valence-electron chi connectivity index (χ3n) is 4.42. The first kappa shape index (κ1) is 16.7. The molecule has 1 aliphatic carbocycles. The Balaban J connectivity index is 2.09. The third kappa shape index (κ3) is 2.44. The number of methoxy groups -OCH3 is 1. The minimum Gasteiger partial charge on any atom is -0.388 e. The fourth-order valence-electron chi connectivity index (χ4n) is 3.15. The zero-order valence-corrected chi connectivity index (χ0v) is 12.6. The largest absolute Gasteiger partial charge is 0.388 e. The molecule has 2 aromatic rings. The van der Waals surface area contributed by atoms with Crippen LogP contribution in [0.5, 0.6) is 0 Å². The van der Waals surface area contributed by atoms with Crippen LogP contribution in [0.1, 0.15) is 6.04 Å². The highest BCUT2D eigenvalue weighted by Gasteiger charge is 2.50. The molecule has 1 aliphatic rings. The second kappa shape index (κ2) is 6.07. The maximum absolute atomic E-state index is 10.9. The van der Waals surface area contributed by atoms with Crippen LogP contribution >= 0.6 is 0 Å². The van der Waals surface area contributed by atoms with Gasteiger partial charge in [-0.1, -0.05) is 0 Å². The van der Waals surface area contributed by atoms with Crippen molar-refractivity contribution >= 4 is 16.6 Å². The molecule has 1 fully saturated rings. The Hall–Kier alpha value is -2.11. The van der Waals surface area contributed by atoms with E-state index in [1.165, 1.54) is 36.2 Å². The number of nitro groups is 1. The Bertz CT molecular complexity index is 764. The second-order valence-corrected chi connectivity index (χ2v) is 5.74. The van der Waals surface area contributed by atoms with Gasteiger partial charge in [0, 0.05) is 24.6 Å². The summed E-state index contributed by atoms with van der Waals surface area (Å²) in [6.45, 7) is 0. The van der Waals surface area contributed by atoms with Crippen LogP contribution in [0.25, 0.3) is 10.9 Å². The van der Waals surface area contributed by atoms with Gasteiger partial charge in [-0.3, -0.25) is 14.8 Å². The van der Waals surface area contributed by atoms with E-state index in [-0.39, 0.29) is 5.69 Å². The molecule has 10 heteroatoms. The molecule has 0 aliphatic heterocycles. The maximum atomic E-state index is 10.9. The summed E-state index contributed by atoms with van der Waals surface area (Å²) in [5, 5.41) is 55.6. The number of hydrogen-bond acceptors (Lipinski definition) is 8. The highest BCUT2D eigenvalue weighted by molar-refractivity contribution is 5.81. The Morgan fingerprint density at radius 2 is 1.83 bits per heavy atom. The summed E-state index contributed by atoms with van der Waals surface area (Å²) >= 11 is 0. The lowest BCUT2D eigenvalue weighted by atomic mass is 9.83. The number of fused-ring (bicyclic) bond motifs is 1. The molecule has 0 saturated heterocycles. The van der Waals surface area contributed by atoms with Crippen LogP contribution in [0.15, 0.2) is 24.4 Å². The van der Waals surface area contributed by atoms with Gasteiger partial charge in [0.25, 0.3) is 5.69 Å². The predicted molar refractivity (Wildman–Crippen MR) is 80.2 cm³/mol. The van der Waals surface area contributed by atoms with Crippen LogP contribution in [0.2, 0.25) is 0 Å². The van der Waals surface area contributed by atoms with E-state index in [1.54, 1.807) is 0 Å². The average molecular weight is 339 g/mol. The minimum absolute atomic E-state index is 0.106. The van der Waals surface area contributed by atoms with E-state index in [0.29, 0.717) is 10.9 Å². The molecular formula is C14H17N3O7. The summed E-state index contributed by atoms with van der Waals surface area (Å²) < 4.78 is 6.52. The number of rotatable bonds is 3. The van der Waals surface area contributed by atoms with Gasteiger partial charge in [0.15, 0.2) is 0 Å². The van der Waals surface area contributed by atoms with E-state index in [9.17, 15) is 30.5 Å². The van der Waals surface area contributed by atoms with Gasteiger partial charge in [-0.15, -0.1) is 0 Å². The molecule has 0 bridgehead atoms. The number of nitrogens with zero attached hydrogens (tertiary/aromatic N) is 3. The average Bonchev–Trinajstić information content (AvgIpc) is 2.98. The number of aliphatic hydroxyl groups excluding tert-OH is 4. The molecule has 4 N–H and O–H groups in total. The zero-order valence-electron chi connectivity index (χ0n) is 12.6. The lowest BCUT2D eigenvalue weighted by molar-refractivity contribution is -0.384. The molecule has 130 valence electrons. The highest BCUT2D eigenvalue weighted by atomic mass is 16.6. The van der Waals surface area contributed by atoms with Crippen LogP contribution in [0.4, 0.5) is 5.69 Å². The fraction of sp³-hybridized carbons (Fsp3) is 0.500.